The number of hydrogen-bond acceptors (Lipinski definition) is 3. The lowest BCUT2D eigenvalue weighted by atomic mass is 9.97. The average Bonchev–Trinajstić information content (AvgIpc) is 2.54. The van der Waals surface area contributed by atoms with E-state index in [1.807, 2.05) is 36.9 Å². The molecule has 0 spiro atoms. The maximum atomic E-state index is 12.8. The van der Waals surface area contributed by atoms with Crippen LogP contribution in [0.15, 0.2) is 30.3 Å². The van der Waals surface area contributed by atoms with Crippen molar-refractivity contribution in [2.45, 2.75) is 39.3 Å². The topological polar surface area (TPSA) is 55.6 Å². The summed E-state index contributed by atoms with van der Waals surface area (Å²) in [5.74, 6) is 0.538. The molecule has 2 atom stereocenters. The van der Waals surface area contributed by atoms with Crippen molar-refractivity contribution in [2.75, 3.05) is 19.8 Å². The van der Waals surface area contributed by atoms with Gasteiger partial charge >= 0.3 is 0 Å². The van der Waals surface area contributed by atoms with Crippen LogP contribution in [0.4, 0.5) is 0 Å². The molecule has 0 aliphatic carbocycles. The zero-order chi connectivity index (χ0) is 15.9. The van der Waals surface area contributed by atoms with Crippen LogP contribution in [-0.4, -0.2) is 36.6 Å². The summed E-state index contributed by atoms with van der Waals surface area (Å²) >= 11 is 0. The Bertz CT molecular complexity index is 461. The minimum Gasteiger partial charge on any atom is -0.381 e. The number of carbonyl (C=O) groups is 1. The molecule has 1 aliphatic rings. The van der Waals surface area contributed by atoms with E-state index < -0.39 is 0 Å². The van der Waals surface area contributed by atoms with Crippen molar-refractivity contribution in [1.29, 1.82) is 0 Å². The summed E-state index contributed by atoms with van der Waals surface area (Å²) in [5, 5.41) is 0. The highest BCUT2D eigenvalue weighted by atomic mass is 35.5. The summed E-state index contributed by atoms with van der Waals surface area (Å²) in [6.07, 6.45) is 2.07. The first kappa shape index (κ1) is 19.9. The third-order valence-electron chi connectivity index (χ3n) is 4.53. The average molecular weight is 341 g/mol. The molecule has 1 heterocycles. The molecule has 2 N–H and O–H groups in total. The van der Waals surface area contributed by atoms with Crippen LogP contribution in [0.1, 0.15) is 32.3 Å². The molecule has 5 heteroatoms. The van der Waals surface area contributed by atoms with E-state index in [4.69, 9.17) is 10.5 Å². The Morgan fingerprint density at radius 1 is 1.26 bits per heavy atom. The van der Waals surface area contributed by atoms with Gasteiger partial charge in [0.15, 0.2) is 0 Å². The van der Waals surface area contributed by atoms with Crippen LogP contribution in [0.2, 0.25) is 0 Å². The molecule has 1 fully saturated rings. The Labute approximate surface area is 145 Å². The van der Waals surface area contributed by atoms with E-state index >= 15 is 0 Å². The SMILES string of the molecule is CC(N)C(C)C(=O)N(Cc1ccccc1)CC1CCOCC1.Cl. The van der Waals surface area contributed by atoms with Crippen LogP contribution in [0.3, 0.4) is 0 Å². The van der Waals surface area contributed by atoms with E-state index in [9.17, 15) is 4.79 Å². The lowest BCUT2D eigenvalue weighted by Crippen LogP contribution is -2.44. The van der Waals surface area contributed by atoms with E-state index in [2.05, 4.69) is 12.1 Å². The van der Waals surface area contributed by atoms with Gasteiger partial charge in [0.2, 0.25) is 5.91 Å². The van der Waals surface area contributed by atoms with Crippen molar-refractivity contribution in [2.24, 2.45) is 17.6 Å². The van der Waals surface area contributed by atoms with Crippen LogP contribution >= 0.6 is 12.4 Å². The van der Waals surface area contributed by atoms with Crippen LogP contribution in [0.5, 0.6) is 0 Å². The summed E-state index contributed by atoms with van der Waals surface area (Å²) < 4.78 is 5.42. The van der Waals surface area contributed by atoms with Gasteiger partial charge in [0.25, 0.3) is 0 Å². The van der Waals surface area contributed by atoms with E-state index in [0.29, 0.717) is 12.5 Å². The lowest BCUT2D eigenvalue weighted by Gasteiger charge is -2.32. The molecule has 1 aromatic carbocycles. The zero-order valence-electron chi connectivity index (χ0n) is 14.1. The molecule has 130 valence electrons. The lowest BCUT2D eigenvalue weighted by molar-refractivity contribution is -0.137. The standard InChI is InChI=1S/C18H28N2O2.ClH/c1-14(15(2)19)18(21)20(12-16-6-4-3-5-7-16)13-17-8-10-22-11-9-17;/h3-7,14-15,17H,8-13,19H2,1-2H3;1H. The van der Waals surface area contributed by atoms with Crippen molar-refractivity contribution in [3.05, 3.63) is 35.9 Å². The van der Waals surface area contributed by atoms with Crippen LogP contribution in [-0.2, 0) is 16.1 Å². The quantitative estimate of drug-likeness (QED) is 0.866. The predicted molar refractivity (Wildman–Crippen MR) is 95.5 cm³/mol. The van der Waals surface area contributed by atoms with Crippen molar-refractivity contribution in [3.8, 4) is 0 Å². The molecule has 1 aromatic rings. The number of benzene rings is 1. The minimum atomic E-state index is -0.149. The van der Waals surface area contributed by atoms with Crippen LogP contribution in [0.25, 0.3) is 0 Å². The molecule has 2 unspecified atom stereocenters. The second kappa shape index (κ2) is 9.91. The fourth-order valence-corrected chi connectivity index (χ4v) is 2.79. The van der Waals surface area contributed by atoms with Gasteiger partial charge in [-0.25, -0.2) is 0 Å². The summed E-state index contributed by atoms with van der Waals surface area (Å²) in [6.45, 7) is 6.90. The van der Waals surface area contributed by atoms with Gasteiger partial charge in [-0.05, 0) is 31.2 Å². The van der Waals surface area contributed by atoms with Crippen molar-refractivity contribution in [1.82, 2.24) is 4.90 Å². The molecular formula is C18H29ClN2O2. The fourth-order valence-electron chi connectivity index (χ4n) is 2.79. The van der Waals surface area contributed by atoms with Crippen molar-refractivity contribution >= 4 is 18.3 Å². The highest BCUT2D eigenvalue weighted by Crippen LogP contribution is 2.19. The molecule has 0 aromatic heterocycles. The molecule has 2 rings (SSSR count). The maximum Gasteiger partial charge on any atom is 0.227 e. The molecule has 23 heavy (non-hydrogen) atoms. The summed E-state index contributed by atoms with van der Waals surface area (Å²) in [5.41, 5.74) is 7.10. The van der Waals surface area contributed by atoms with Crippen molar-refractivity contribution < 1.29 is 9.53 Å². The van der Waals surface area contributed by atoms with E-state index in [-0.39, 0.29) is 30.3 Å². The monoisotopic (exact) mass is 340 g/mol. The number of ether oxygens (including phenoxy) is 1. The number of nitrogens with two attached hydrogens (primary N) is 1. The van der Waals surface area contributed by atoms with E-state index in [0.717, 1.165) is 32.6 Å². The first-order valence-electron chi connectivity index (χ1n) is 8.24. The number of nitrogens with zero attached hydrogens (tertiary/aromatic N) is 1. The van der Waals surface area contributed by atoms with E-state index in [1.54, 1.807) is 0 Å². The number of halogens is 1. The largest absolute Gasteiger partial charge is 0.381 e. The van der Waals surface area contributed by atoms with Gasteiger partial charge in [0.1, 0.15) is 0 Å². The summed E-state index contributed by atoms with van der Waals surface area (Å²) in [6, 6.07) is 10.0. The predicted octanol–water partition coefficient (Wildman–Crippen LogP) is 2.85. The number of carbonyl (C=O) groups excluding carboxylic acids is 1. The second-order valence-electron chi connectivity index (χ2n) is 6.41. The van der Waals surface area contributed by atoms with Crippen LogP contribution in [0, 0.1) is 11.8 Å². The van der Waals surface area contributed by atoms with Gasteiger partial charge in [-0.15, -0.1) is 12.4 Å². The zero-order valence-corrected chi connectivity index (χ0v) is 14.9. The van der Waals surface area contributed by atoms with Crippen LogP contribution < -0.4 is 5.73 Å². The fraction of sp³-hybridized carbons (Fsp3) is 0.611. The Hall–Kier alpha value is -1.10. The first-order valence-corrected chi connectivity index (χ1v) is 8.24. The molecule has 1 saturated heterocycles. The normalized spacial score (nSPS) is 17.9. The first-order chi connectivity index (χ1) is 10.6. The van der Waals surface area contributed by atoms with Gasteiger partial charge in [-0.3, -0.25) is 4.79 Å². The molecular weight excluding hydrogens is 312 g/mol. The Morgan fingerprint density at radius 2 is 1.87 bits per heavy atom. The Balaban J connectivity index is 0.00000264. The smallest absolute Gasteiger partial charge is 0.227 e. The van der Waals surface area contributed by atoms with Gasteiger partial charge < -0.3 is 15.4 Å². The van der Waals surface area contributed by atoms with Gasteiger partial charge in [0, 0.05) is 32.3 Å². The van der Waals surface area contributed by atoms with E-state index in [1.165, 1.54) is 5.56 Å². The molecule has 0 saturated carbocycles. The minimum absolute atomic E-state index is 0. The number of hydrogen-bond donors (Lipinski definition) is 1. The molecule has 1 aliphatic heterocycles. The second-order valence-corrected chi connectivity index (χ2v) is 6.41. The van der Waals surface area contributed by atoms with Gasteiger partial charge in [-0.1, -0.05) is 37.3 Å². The maximum absolute atomic E-state index is 12.8. The summed E-state index contributed by atoms with van der Waals surface area (Å²) in [4.78, 5) is 14.8. The molecule has 0 radical (unpaired) electrons. The van der Waals surface area contributed by atoms with Gasteiger partial charge in [0.05, 0.1) is 5.92 Å². The Kier molecular flexibility index (Phi) is 8.59. The van der Waals surface area contributed by atoms with Crippen molar-refractivity contribution in [3.63, 3.8) is 0 Å². The third-order valence-corrected chi connectivity index (χ3v) is 4.53. The van der Waals surface area contributed by atoms with Gasteiger partial charge in [-0.2, -0.15) is 0 Å². The summed E-state index contributed by atoms with van der Waals surface area (Å²) in [7, 11) is 0. The number of rotatable bonds is 6. The molecule has 0 bridgehead atoms. The highest BCUT2D eigenvalue weighted by molar-refractivity contribution is 5.85. The third kappa shape index (κ3) is 6.13. The Morgan fingerprint density at radius 3 is 2.43 bits per heavy atom. The molecule has 1 amide bonds. The number of amides is 1. The highest BCUT2D eigenvalue weighted by Gasteiger charge is 2.26. The molecule has 4 nitrogen and oxygen atoms in total.